The number of alkyl halides is 2. The van der Waals surface area contributed by atoms with Crippen molar-refractivity contribution in [2.75, 3.05) is 0 Å². The first-order valence-corrected chi connectivity index (χ1v) is 5.62. The molecule has 0 amide bonds. The number of pyridine rings is 1. The predicted octanol–water partition coefficient (Wildman–Crippen LogP) is 4.25. The van der Waals surface area contributed by atoms with E-state index in [9.17, 15) is 8.78 Å². The van der Waals surface area contributed by atoms with Crippen molar-refractivity contribution in [3.8, 4) is 0 Å². The summed E-state index contributed by atoms with van der Waals surface area (Å²) in [7, 11) is 0. The van der Waals surface area contributed by atoms with E-state index in [0.717, 1.165) is 18.2 Å². The summed E-state index contributed by atoms with van der Waals surface area (Å²) in [6.07, 6.45) is 1.44. The fourth-order valence-corrected chi connectivity index (χ4v) is 1.19. The molecule has 0 saturated carbocycles. The highest BCUT2D eigenvalue weighted by molar-refractivity contribution is 5.86. The third-order valence-corrected chi connectivity index (χ3v) is 2.66. The summed E-state index contributed by atoms with van der Waals surface area (Å²) < 4.78 is 26.3. The minimum atomic E-state index is -2.93. The summed E-state index contributed by atoms with van der Waals surface area (Å²) in [5.41, 5.74) is 2.06. The Kier molecular flexibility index (Phi) is 3.96. The van der Waals surface area contributed by atoms with E-state index in [4.69, 9.17) is 0 Å². The Morgan fingerprint density at radius 1 is 1.41 bits per heavy atom. The molecule has 1 aromatic heterocycles. The van der Waals surface area contributed by atoms with Gasteiger partial charge in [-0.15, -0.1) is 0 Å². The summed E-state index contributed by atoms with van der Waals surface area (Å²) in [6, 6.07) is 1.36. The first-order valence-electron chi connectivity index (χ1n) is 5.62. The first kappa shape index (κ1) is 13.7. The monoisotopic (exact) mass is 240 g/mol. The molecule has 4 heteroatoms. The molecule has 0 bridgehead atoms. The maximum Gasteiger partial charge on any atom is 0.287 e. The Hall–Kier alpha value is -1.32. The van der Waals surface area contributed by atoms with Gasteiger partial charge in [-0.2, -0.15) is 8.78 Å². The normalized spacial score (nSPS) is 13.3. The van der Waals surface area contributed by atoms with Crippen LogP contribution in [0, 0.1) is 12.8 Å². The molecule has 0 aromatic carbocycles. The van der Waals surface area contributed by atoms with E-state index in [-0.39, 0.29) is 5.69 Å². The van der Waals surface area contributed by atoms with Crippen molar-refractivity contribution in [3.63, 3.8) is 0 Å². The molecule has 94 valence electrons. The fourth-order valence-electron chi connectivity index (χ4n) is 1.19. The molecule has 1 rings (SSSR count). The Balaban J connectivity index is 3.21. The van der Waals surface area contributed by atoms with Crippen molar-refractivity contribution in [1.82, 2.24) is 4.98 Å². The zero-order valence-corrected chi connectivity index (χ0v) is 10.9. The molecule has 0 aliphatic rings. The highest BCUT2D eigenvalue weighted by atomic mass is 19.3. The minimum absolute atomic E-state index is 0.238. The summed E-state index contributed by atoms with van der Waals surface area (Å²) in [5, 5.41) is 0. The van der Waals surface area contributed by atoms with E-state index in [0.29, 0.717) is 11.6 Å². The van der Waals surface area contributed by atoms with Gasteiger partial charge < -0.3 is 0 Å². The van der Waals surface area contributed by atoms with E-state index >= 15 is 0 Å². The second kappa shape index (κ2) is 4.90. The maximum absolute atomic E-state index is 13.2. The van der Waals surface area contributed by atoms with Crippen LogP contribution in [0.1, 0.15) is 39.0 Å². The van der Waals surface area contributed by atoms with Gasteiger partial charge in [0.05, 0.1) is 5.69 Å². The lowest BCUT2D eigenvalue weighted by Crippen LogP contribution is -2.09. The van der Waals surface area contributed by atoms with Gasteiger partial charge in [-0.05, 0) is 31.4 Å². The van der Waals surface area contributed by atoms with Gasteiger partial charge in [0, 0.05) is 18.8 Å². The summed E-state index contributed by atoms with van der Waals surface area (Å²) in [4.78, 5) is 8.12. The number of halogens is 2. The summed E-state index contributed by atoms with van der Waals surface area (Å²) in [6.45, 7) is 8.59. The second-order valence-corrected chi connectivity index (χ2v) is 4.65. The molecule has 0 spiro atoms. The average molecular weight is 240 g/mol. The number of hydrogen-bond acceptors (Lipinski definition) is 2. The molecule has 1 heterocycles. The number of aryl methyl sites for hydroxylation is 1. The summed E-state index contributed by atoms with van der Waals surface area (Å²) in [5.74, 6) is -2.63. The van der Waals surface area contributed by atoms with E-state index in [1.54, 1.807) is 0 Å². The molecule has 0 unspecified atom stereocenters. The average Bonchev–Trinajstić information content (AvgIpc) is 2.19. The smallest absolute Gasteiger partial charge is 0.257 e. The van der Waals surface area contributed by atoms with Gasteiger partial charge in [0.2, 0.25) is 0 Å². The molecule has 17 heavy (non-hydrogen) atoms. The van der Waals surface area contributed by atoms with Crippen molar-refractivity contribution < 1.29 is 8.78 Å². The van der Waals surface area contributed by atoms with Gasteiger partial charge in [-0.1, -0.05) is 13.8 Å². The van der Waals surface area contributed by atoms with Crippen LogP contribution in [0.25, 0.3) is 0 Å². The SMILES string of the molecule is C/C(=N\c1cc(C(C)(F)F)ncc1C)C(C)C. The zero-order valence-electron chi connectivity index (χ0n) is 10.9. The molecular formula is C13H18F2N2. The molecule has 0 radical (unpaired) electrons. The van der Waals surface area contributed by atoms with Gasteiger partial charge in [0.1, 0.15) is 5.69 Å². The lowest BCUT2D eigenvalue weighted by molar-refractivity contribution is 0.0128. The van der Waals surface area contributed by atoms with Gasteiger partial charge in [-0.3, -0.25) is 9.98 Å². The van der Waals surface area contributed by atoms with Crippen LogP contribution in [0.4, 0.5) is 14.5 Å². The number of rotatable bonds is 3. The summed E-state index contributed by atoms with van der Waals surface area (Å²) >= 11 is 0. The molecule has 2 nitrogen and oxygen atoms in total. The standard InChI is InChI=1S/C13H18F2N2/c1-8(2)10(4)17-11-6-12(13(5,14)15)16-7-9(11)3/h6-8H,1-5H3/b17-10+. The highest BCUT2D eigenvalue weighted by Gasteiger charge is 2.26. The van der Waals surface area contributed by atoms with Crippen LogP contribution < -0.4 is 0 Å². The van der Waals surface area contributed by atoms with Crippen LogP contribution >= 0.6 is 0 Å². The molecule has 0 N–H and O–H groups in total. The largest absolute Gasteiger partial charge is 0.287 e. The highest BCUT2D eigenvalue weighted by Crippen LogP contribution is 2.29. The number of aliphatic imine (C=N–C) groups is 1. The van der Waals surface area contributed by atoms with Crippen LogP contribution in [-0.2, 0) is 5.92 Å². The van der Waals surface area contributed by atoms with Crippen molar-refractivity contribution >= 4 is 11.4 Å². The van der Waals surface area contributed by atoms with Crippen LogP contribution in [0.3, 0.4) is 0 Å². The van der Waals surface area contributed by atoms with E-state index in [2.05, 4.69) is 9.98 Å². The van der Waals surface area contributed by atoms with E-state index in [1.807, 2.05) is 27.7 Å². The molecule has 1 aromatic rings. The molecule has 0 aliphatic heterocycles. The van der Waals surface area contributed by atoms with Crippen molar-refractivity contribution in [1.29, 1.82) is 0 Å². The number of aromatic nitrogens is 1. The number of nitrogens with zero attached hydrogens (tertiary/aromatic N) is 2. The van der Waals surface area contributed by atoms with Gasteiger partial charge in [0.25, 0.3) is 5.92 Å². The van der Waals surface area contributed by atoms with Crippen LogP contribution in [0.15, 0.2) is 17.3 Å². The Morgan fingerprint density at radius 3 is 2.47 bits per heavy atom. The van der Waals surface area contributed by atoms with E-state index in [1.165, 1.54) is 12.3 Å². The third kappa shape index (κ3) is 3.58. The molecule has 0 saturated heterocycles. The van der Waals surface area contributed by atoms with E-state index < -0.39 is 5.92 Å². The second-order valence-electron chi connectivity index (χ2n) is 4.65. The fraction of sp³-hybridized carbons (Fsp3) is 0.538. The number of hydrogen-bond donors (Lipinski definition) is 0. The Morgan fingerprint density at radius 2 is 2.00 bits per heavy atom. The van der Waals surface area contributed by atoms with Gasteiger partial charge >= 0.3 is 0 Å². The predicted molar refractivity (Wildman–Crippen MR) is 66.1 cm³/mol. The van der Waals surface area contributed by atoms with Crippen LogP contribution in [0.2, 0.25) is 0 Å². The van der Waals surface area contributed by atoms with Crippen molar-refractivity contribution in [3.05, 3.63) is 23.5 Å². The van der Waals surface area contributed by atoms with Gasteiger partial charge in [0.15, 0.2) is 0 Å². The molecule has 0 fully saturated rings. The lowest BCUT2D eigenvalue weighted by atomic mass is 10.1. The van der Waals surface area contributed by atoms with Crippen LogP contribution in [-0.4, -0.2) is 10.7 Å². The van der Waals surface area contributed by atoms with Gasteiger partial charge in [-0.25, -0.2) is 0 Å². The zero-order chi connectivity index (χ0) is 13.2. The Labute approximate surface area is 101 Å². The Bertz CT molecular complexity index is 432. The molecule has 0 aliphatic carbocycles. The lowest BCUT2D eigenvalue weighted by Gasteiger charge is -2.12. The quantitative estimate of drug-likeness (QED) is 0.725. The third-order valence-electron chi connectivity index (χ3n) is 2.66. The molecule has 0 atom stereocenters. The van der Waals surface area contributed by atoms with Crippen molar-refractivity contribution in [2.24, 2.45) is 10.9 Å². The topological polar surface area (TPSA) is 25.2 Å². The van der Waals surface area contributed by atoms with Crippen molar-refractivity contribution in [2.45, 2.75) is 40.5 Å². The minimum Gasteiger partial charge on any atom is -0.257 e. The van der Waals surface area contributed by atoms with Crippen LogP contribution in [0.5, 0.6) is 0 Å². The molecular weight excluding hydrogens is 222 g/mol. The first-order chi connectivity index (χ1) is 7.71. The maximum atomic E-state index is 13.2.